The minimum atomic E-state index is 0.330. The number of methoxy groups -OCH3 is 1. The van der Waals surface area contributed by atoms with Crippen LogP contribution in [0.25, 0.3) is 11.3 Å². The van der Waals surface area contributed by atoms with E-state index in [9.17, 15) is 0 Å². The van der Waals surface area contributed by atoms with E-state index in [4.69, 9.17) is 14.6 Å². The molecule has 4 rings (SSSR count). The molecule has 1 atom stereocenters. The SMILES string of the molecule is COC1CCN(Cc2cc(-c3ccc(C(C)C)cc3)n(C3CCCOC3)n2)CC1. The van der Waals surface area contributed by atoms with Crippen molar-refractivity contribution in [3.05, 3.63) is 41.6 Å². The number of hydrogen-bond acceptors (Lipinski definition) is 4. The van der Waals surface area contributed by atoms with Crippen LogP contribution >= 0.6 is 0 Å². The minimum absolute atomic E-state index is 0.330. The van der Waals surface area contributed by atoms with Crippen molar-refractivity contribution in [1.82, 2.24) is 14.7 Å². The van der Waals surface area contributed by atoms with Crippen molar-refractivity contribution >= 4 is 0 Å². The highest BCUT2D eigenvalue weighted by atomic mass is 16.5. The van der Waals surface area contributed by atoms with E-state index in [1.165, 1.54) is 16.8 Å². The number of likely N-dealkylation sites (tertiary alicyclic amines) is 1. The Bertz CT molecular complexity index is 770. The van der Waals surface area contributed by atoms with Crippen molar-refractivity contribution in [3.63, 3.8) is 0 Å². The van der Waals surface area contributed by atoms with Gasteiger partial charge in [0.1, 0.15) is 0 Å². The summed E-state index contributed by atoms with van der Waals surface area (Å²) in [6, 6.07) is 11.6. The van der Waals surface area contributed by atoms with Crippen molar-refractivity contribution in [2.45, 2.75) is 64.1 Å². The van der Waals surface area contributed by atoms with Gasteiger partial charge >= 0.3 is 0 Å². The molecule has 0 N–H and O–H groups in total. The van der Waals surface area contributed by atoms with Gasteiger partial charge in [-0.3, -0.25) is 9.58 Å². The molecule has 5 nitrogen and oxygen atoms in total. The Morgan fingerprint density at radius 2 is 1.90 bits per heavy atom. The number of piperidine rings is 1. The second-order valence-corrected chi connectivity index (χ2v) is 8.82. The second-order valence-electron chi connectivity index (χ2n) is 8.82. The molecule has 0 bridgehead atoms. The molecule has 29 heavy (non-hydrogen) atoms. The van der Waals surface area contributed by atoms with Crippen LogP contribution in [0.4, 0.5) is 0 Å². The number of ether oxygens (including phenoxy) is 2. The van der Waals surface area contributed by atoms with E-state index in [2.05, 4.69) is 53.8 Å². The van der Waals surface area contributed by atoms with Gasteiger partial charge in [0.2, 0.25) is 0 Å². The van der Waals surface area contributed by atoms with E-state index in [0.29, 0.717) is 18.1 Å². The number of aromatic nitrogens is 2. The lowest BCUT2D eigenvalue weighted by Gasteiger charge is -2.30. The third-order valence-corrected chi connectivity index (χ3v) is 6.40. The molecule has 158 valence electrons. The molecule has 0 amide bonds. The zero-order valence-corrected chi connectivity index (χ0v) is 18.1. The Hall–Kier alpha value is -1.69. The van der Waals surface area contributed by atoms with Crippen LogP contribution in [0, 0.1) is 0 Å². The smallest absolute Gasteiger partial charge is 0.0771 e. The quantitative estimate of drug-likeness (QED) is 0.712. The summed E-state index contributed by atoms with van der Waals surface area (Å²) in [4.78, 5) is 2.51. The molecule has 1 unspecified atom stereocenters. The van der Waals surface area contributed by atoms with Crippen molar-refractivity contribution in [1.29, 1.82) is 0 Å². The molecule has 0 aliphatic carbocycles. The van der Waals surface area contributed by atoms with Gasteiger partial charge in [0.15, 0.2) is 0 Å². The Balaban J connectivity index is 1.57. The minimum Gasteiger partial charge on any atom is -0.381 e. The van der Waals surface area contributed by atoms with Gasteiger partial charge < -0.3 is 9.47 Å². The fourth-order valence-corrected chi connectivity index (χ4v) is 4.50. The highest BCUT2D eigenvalue weighted by Gasteiger charge is 2.24. The second kappa shape index (κ2) is 9.41. The summed E-state index contributed by atoms with van der Waals surface area (Å²) in [5.41, 5.74) is 5.01. The molecule has 2 fully saturated rings. The standard InChI is InChI=1S/C24H35N3O2/c1-18(2)19-6-8-20(9-7-19)24-15-21(16-26-12-10-23(28-3)11-13-26)25-27(24)22-5-4-14-29-17-22/h6-9,15,18,22-23H,4-5,10-14,16-17H2,1-3H3. The third-order valence-electron chi connectivity index (χ3n) is 6.40. The van der Waals surface area contributed by atoms with Crippen LogP contribution in [0.1, 0.15) is 62.7 Å². The average Bonchev–Trinajstić information content (AvgIpc) is 3.19. The van der Waals surface area contributed by atoms with Crippen LogP contribution in [0.3, 0.4) is 0 Å². The fraction of sp³-hybridized carbons (Fsp3) is 0.625. The maximum Gasteiger partial charge on any atom is 0.0771 e. The predicted octanol–water partition coefficient (Wildman–Crippen LogP) is 4.64. The lowest BCUT2D eigenvalue weighted by molar-refractivity contribution is 0.0381. The van der Waals surface area contributed by atoms with Crippen LogP contribution in [-0.4, -0.2) is 54.2 Å². The van der Waals surface area contributed by atoms with Gasteiger partial charge in [-0.15, -0.1) is 0 Å². The number of hydrogen-bond donors (Lipinski definition) is 0. The molecule has 0 saturated carbocycles. The van der Waals surface area contributed by atoms with Crippen molar-refractivity contribution in [3.8, 4) is 11.3 Å². The van der Waals surface area contributed by atoms with Gasteiger partial charge in [0.25, 0.3) is 0 Å². The maximum absolute atomic E-state index is 5.78. The van der Waals surface area contributed by atoms with E-state index in [-0.39, 0.29) is 0 Å². The molecular formula is C24H35N3O2. The Labute approximate surface area is 175 Å². The van der Waals surface area contributed by atoms with E-state index in [1.807, 2.05) is 7.11 Å². The maximum atomic E-state index is 5.78. The molecule has 1 aromatic heterocycles. The summed E-state index contributed by atoms with van der Waals surface area (Å²) in [7, 11) is 1.82. The number of rotatable bonds is 6. The number of nitrogens with zero attached hydrogens (tertiary/aromatic N) is 3. The van der Waals surface area contributed by atoms with Crippen molar-refractivity contribution < 1.29 is 9.47 Å². The molecular weight excluding hydrogens is 362 g/mol. The van der Waals surface area contributed by atoms with Crippen LogP contribution in [0.2, 0.25) is 0 Å². The summed E-state index contributed by atoms with van der Waals surface area (Å²) in [6.07, 6.45) is 4.88. The zero-order valence-electron chi connectivity index (χ0n) is 18.1. The Morgan fingerprint density at radius 3 is 2.52 bits per heavy atom. The monoisotopic (exact) mass is 397 g/mol. The summed E-state index contributed by atoms with van der Waals surface area (Å²) < 4.78 is 13.5. The van der Waals surface area contributed by atoms with Gasteiger partial charge in [0.05, 0.1) is 30.1 Å². The van der Waals surface area contributed by atoms with Crippen molar-refractivity contribution in [2.75, 3.05) is 33.4 Å². The highest BCUT2D eigenvalue weighted by Crippen LogP contribution is 2.30. The number of benzene rings is 1. The molecule has 2 saturated heterocycles. The van der Waals surface area contributed by atoms with Crippen LogP contribution < -0.4 is 0 Å². The summed E-state index contributed by atoms with van der Waals surface area (Å²) in [6.45, 7) is 9.18. The lowest BCUT2D eigenvalue weighted by atomic mass is 10.0. The molecule has 2 aromatic rings. The molecule has 1 aromatic carbocycles. The average molecular weight is 398 g/mol. The fourth-order valence-electron chi connectivity index (χ4n) is 4.50. The van der Waals surface area contributed by atoms with Gasteiger partial charge in [-0.2, -0.15) is 5.10 Å². The first-order valence-electron chi connectivity index (χ1n) is 11.2. The Morgan fingerprint density at radius 1 is 1.14 bits per heavy atom. The predicted molar refractivity (Wildman–Crippen MR) is 116 cm³/mol. The van der Waals surface area contributed by atoms with Crippen LogP contribution in [-0.2, 0) is 16.0 Å². The van der Waals surface area contributed by atoms with E-state index in [1.54, 1.807) is 0 Å². The zero-order chi connectivity index (χ0) is 20.2. The van der Waals surface area contributed by atoms with E-state index in [0.717, 1.165) is 64.2 Å². The lowest BCUT2D eigenvalue weighted by Crippen LogP contribution is -2.36. The molecule has 2 aliphatic rings. The molecule has 3 heterocycles. The van der Waals surface area contributed by atoms with E-state index >= 15 is 0 Å². The van der Waals surface area contributed by atoms with E-state index < -0.39 is 0 Å². The summed E-state index contributed by atoms with van der Waals surface area (Å²) >= 11 is 0. The van der Waals surface area contributed by atoms with Gasteiger partial charge in [-0.1, -0.05) is 38.1 Å². The molecule has 0 spiro atoms. The van der Waals surface area contributed by atoms with Crippen molar-refractivity contribution in [2.24, 2.45) is 0 Å². The first kappa shape index (κ1) is 20.6. The molecule has 5 heteroatoms. The first-order valence-corrected chi connectivity index (χ1v) is 11.2. The normalized spacial score (nSPS) is 21.7. The Kier molecular flexibility index (Phi) is 6.68. The van der Waals surface area contributed by atoms with Gasteiger partial charge in [-0.05, 0) is 48.8 Å². The summed E-state index contributed by atoms with van der Waals surface area (Å²) in [5, 5.41) is 5.06. The molecule has 2 aliphatic heterocycles. The highest BCUT2D eigenvalue weighted by molar-refractivity contribution is 5.61. The largest absolute Gasteiger partial charge is 0.381 e. The molecule has 0 radical (unpaired) electrons. The third kappa shape index (κ3) is 4.90. The van der Waals surface area contributed by atoms with Crippen LogP contribution in [0.15, 0.2) is 30.3 Å². The summed E-state index contributed by atoms with van der Waals surface area (Å²) in [5.74, 6) is 0.547. The van der Waals surface area contributed by atoms with Gasteiger partial charge in [0, 0.05) is 33.4 Å². The first-order chi connectivity index (χ1) is 14.1. The van der Waals surface area contributed by atoms with Crippen LogP contribution in [0.5, 0.6) is 0 Å². The van der Waals surface area contributed by atoms with Gasteiger partial charge in [-0.25, -0.2) is 0 Å². The topological polar surface area (TPSA) is 39.5 Å².